The molecule has 1 saturated carbocycles. The van der Waals surface area contributed by atoms with Crippen LogP contribution in [0.4, 0.5) is 4.39 Å². The van der Waals surface area contributed by atoms with Crippen molar-refractivity contribution in [2.24, 2.45) is 16.8 Å². The quantitative estimate of drug-likeness (QED) is 0.387. The van der Waals surface area contributed by atoms with Gasteiger partial charge in [0, 0.05) is 12.6 Å². The van der Waals surface area contributed by atoms with Crippen LogP contribution in [0.25, 0.3) is 0 Å². The molecule has 1 aromatic carbocycles. The zero-order valence-corrected chi connectivity index (χ0v) is 22.3. The van der Waals surface area contributed by atoms with E-state index in [1.807, 2.05) is 18.5 Å². The number of carbonyl (C=O) groups excluding carboxylic acids is 1. The molecule has 0 amide bonds. The predicted octanol–water partition coefficient (Wildman–Crippen LogP) is 5.41. The number of hydrogen-bond donors (Lipinski definition) is 0. The Labute approximate surface area is 209 Å². The molecule has 7 heteroatoms. The topological polar surface area (TPSA) is 45.1 Å². The number of ether oxygens (including phenoxy) is 1. The highest BCUT2D eigenvalue weighted by Gasteiger charge is 2.52. The predicted molar refractivity (Wildman–Crippen MR) is 140 cm³/mol. The molecule has 5 nitrogen and oxygen atoms in total. The third-order valence-electron chi connectivity index (χ3n) is 7.76. The van der Waals surface area contributed by atoms with E-state index < -0.39 is 5.54 Å². The molecule has 1 aliphatic carbocycles. The minimum absolute atomic E-state index is 0.0651. The molecule has 3 rings (SSSR count). The number of methoxy groups -OCH3 is 1. The van der Waals surface area contributed by atoms with Crippen LogP contribution in [-0.4, -0.2) is 73.4 Å². The summed E-state index contributed by atoms with van der Waals surface area (Å²) < 4.78 is 18.8. The minimum Gasteiger partial charge on any atom is -0.467 e. The molecule has 0 spiro atoms. The number of hydrogen-bond acceptors (Lipinski definition) is 6. The summed E-state index contributed by atoms with van der Waals surface area (Å²) in [5.41, 5.74) is 0.402. The molecule has 0 radical (unpaired) electrons. The molecule has 3 atom stereocenters. The van der Waals surface area contributed by atoms with Crippen molar-refractivity contribution < 1.29 is 13.9 Å². The first kappa shape index (κ1) is 27.0. The van der Waals surface area contributed by atoms with Crippen LogP contribution in [0.15, 0.2) is 29.3 Å². The number of halogens is 1. The Morgan fingerprint density at radius 1 is 1.26 bits per heavy atom. The lowest BCUT2D eigenvalue weighted by Gasteiger charge is -2.41. The molecule has 34 heavy (non-hydrogen) atoms. The van der Waals surface area contributed by atoms with E-state index in [2.05, 4.69) is 37.1 Å². The molecular weight excluding hydrogens is 449 g/mol. The van der Waals surface area contributed by atoms with Crippen molar-refractivity contribution >= 4 is 24.1 Å². The van der Waals surface area contributed by atoms with Crippen molar-refractivity contribution in [2.45, 2.75) is 69.5 Å². The molecule has 0 aromatic heterocycles. The van der Waals surface area contributed by atoms with Crippen molar-refractivity contribution in [3.8, 4) is 0 Å². The van der Waals surface area contributed by atoms with Crippen molar-refractivity contribution in [3.63, 3.8) is 0 Å². The average Bonchev–Trinajstić information content (AvgIpc) is 3.17. The number of esters is 1. The molecule has 0 saturated heterocycles. The van der Waals surface area contributed by atoms with Gasteiger partial charge in [-0.25, -0.2) is 9.18 Å². The van der Waals surface area contributed by atoms with Gasteiger partial charge in [-0.15, -0.1) is 0 Å². The van der Waals surface area contributed by atoms with Crippen LogP contribution >= 0.6 is 11.8 Å². The monoisotopic (exact) mass is 491 g/mol. The first-order valence-corrected chi connectivity index (χ1v) is 14.1. The third-order valence-corrected chi connectivity index (χ3v) is 8.37. The molecule has 1 fully saturated rings. The fourth-order valence-corrected chi connectivity index (χ4v) is 6.60. The highest BCUT2D eigenvalue weighted by atomic mass is 32.2. The summed E-state index contributed by atoms with van der Waals surface area (Å²) in [6.45, 7) is 3.09. The second kappa shape index (κ2) is 12.4. The molecule has 0 bridgehead atoms. The molecule has 0 N–H and O–H groups in total. The summed E-state index contributed by atoms with van der Waals surface area (Å²) in [6, 6.07) is 7.36. The Morgan fingerprint density at radius 2 is 1.94 bits per heavy atom. The SMILES string of the molecule is CCCN1C=NC(CCSC)(C(=O)OC)C1CC1CCC(C(c2ccc(F)cc2)N(C)C)CC1. The smallest absolute Gasteiger partial charge is 0.336 e. The molecule has 190 valence electrons. The summed E-state index contributed by atoms with van der Waals surface area (Å²) in [5, 5.41) is 0. The average molecular weight is 492 g/mol. The van der Waals surface area contributed by atoms with Gasteiger partial charge in [-0.2, -0.15) is 11.8 Å². The maximum atomic E-state index is 13.5. The molecule has 1 aliphatic heterocycles. The van der Waals surface area contributed by atoms with Gasteiger partial charge in [-0.05, 0) is 87.7 Å². The summed E-state index contributed by atoms with van der Waals surface area (Å²) in [5.74, 6) is 1.62. The first-order chi connectivity index (χ1) is 16.4. The Kier molecular flexibility index (Phi) is 9.84. The van der Waals surface area contributed by atoms with E-state index in [0.29, 0.717) is 24.3 Å². The van der Waals surface area contributed by atoms with E-state index in [9.17, 15) is 9.18 Å². The molecule has 3 unspecified atom stereocenters. The summed E-state index contributed by atoms with van der Waals surface area (Å²) in [6.07, 6.45) is 11.3. The van der Waals surface area contributed by atoms with Crippen LogP contribution in [0.2, 0.25) is 0 Å². The number of rotatable bonds is 11. The van der Waals surface area contributed by atoms with Gasteiger partial charge in [0.2, 0.25) is 0 Å². The molecule has 2 aliphatic rings. The third kappa shape index (κ3) is 5.96. The number of benzene rings is 1. The lowest BCUT2D eigenvalue weighted by atomic mass is 9.72. The summed E-state index contributed by atoms with van der Waals surface area (Å²) >= 11 is 1.75. The van der Waals surface area contributed by atoms with Gasteiger partial charge in [0.15, 0.2) is 5.54 Å². The Morgan fingerprint density at radius 3 is 2.50 bits per heavy atom. The lowest BCUT2D eigenvalue weighted by molar-refractivity contribution is -0.148. The van der Waals surface area contributed by atoms with E-state index in [0.717, 1.165) is 50.8 Å². The zero-order chi connectivity index (χ0) is 24.7. The maximum absolute atomic E-state index is 13.5. The molecule has 1 heterocycles. The highest BCUT2D eigenvalue weighted by Crippen LogP contribution is 2.43. The van der Waals surface area contributed by atoms with E-state index in [1.54, 1.807) is 23.9 Å². The highest BCUT2D eigenvalue weighted by molar-refractivity contribution is 7.98. The van der Waals surface area contributed by atoms with Crippen molar-refractivity contribution in [3.05, 3.63) is 35.6 Å². The van der Waals surface area contributed by atoms with Gasteiger partial charge in [0.05, 0.1) is 19.5 Å². The lowest BCUT2D eigenvalue weighted by Crippen LogP contribution is -2.53. The van der Waals surface area contributed by atoms with Crippen LogP contribution in [-0.2, 0) is 9.53 Å². The van der Waals surface area contributed by atoms with E-state index >= 15 is 0 Å². The van der Waals surface area contributed by atoms with E-state index in [-0.39, 0.29) is 17.8 Å². The van der Waals surface area contributed by atoms with Gasteiger partial charge in [-0.3, -0.25) is 4.99 Å². The molecule has 1 aromatic rings. The summed E-state index contributed by atoms with van der Waals surface area (Å²) in [4.78, 5) is 22.4. The molecular formula is C27H42FN3O2S. The van der Waals surface area contributed by atoms with Gasteiger partial charge in [0.1, 0.15) is 5.82 Å². The second-order valence-corrected chi connectivity index (χ2v) is 11.1. The largest absolute Gasteiger partial charge is 0.467 e. The number of thioether (sulfide) groups is 1. The van der Waals surface area contributed by atoms with E-state index in [4.69, 9.17) is 9.73 Å². The number of aliphatic imine (C=N–C) groups is 1. The Hall–Kier alpha value is -1.60. The van der Waals surface area contributed by atoms with Crippen molar-refractivity contribution in [1.82, 2.24) is 9.80 Å². The fourth-order valence-electron chi connectivity index (χ4n) is 6.08. The fraction of sp³-hybridized carbons (Fsp3) is 0.704. The van der Waals surface area contributed by atoms with Crippen LogP contribution in [0.5, 0.6) is 0 Å². The second-order valence-electron chi connectivity index (χ2n) is 10.1. The standard InChI is InChI=1S/C27H42FN3O2S/c1-6-16-31-19-29-27(15-17-34-5,26(32)33-4)24(31)18-20-7-9-21(10-8-20)25(30(2)3)22-11-13-23(28)14-12-22/h11-14,19-21,24-25H,6-10,15-18H2,1-5H3. The van der Waals surface area contributed by atoms with Gasteiger partial charge in [-0.1, -0.05) is 31.9 Å². The van der Waals surface area contributed by atoms with Gasteiger partial charge >= 0.3 is 5.97 Å². The van der Waals surface area contributed by atoms with Crippen LogP contribution in [0, 0.1) is 17.7 Å². The Balaban J connectivity index is 1.71. The summed E-state index contributed by atoms with van der Waals surface area (Å²) in [7, 11) is 5.73. The number of nitrogens with zero attached hydrogens (tertiary/aromatic N) is 3. The number of carbonyl (C=O) groups is 1. The normalized spacial score (nSPS) is 27.9. The maximum Gasteiger partial charge on any atom is 0.336 e. The van der Waals surface area contributed by atoms with Crippen LogP contribution < -0.4 is 0 Å². The van der Waals surface area contributed by atoms with Crippen LogP contribution in [0.1, 0.15) is 63.5 Å². The van der Waals surface area contributed by atoms with E-state index in [1.165, 1.54) is 12.7 Å². The van der Waals surface area contributed by atoms with Gasteiger partial charge in [0.25, 0.3) is 0 Å². The van der Waals surface area contributed by atoms with Gasteiger partial charge < -0.3 is 14.5 Å². The van der Waals surface area contributed by atoms with Crippen molar-refractivity contribution in [1.29, 1.82) is 0 Å². The Bertz CT molecular complexity index is 811. The first-order valence-electron chi connectivity index (χ1n) is 12.7. The van der Waals surface area contributed by atoms with Crippen LogP contribution in [0.3, 0.4) is 0 Å². The minimum atomic E-state index is -0.788. The zero-order valence-electron chi connectivity index (χ0n) is 21.5. The van der Waals surface area contributed by atoms with Crippen molar-refractivity contribution in [2.75, 3.05) is 39.8 Å².